The van der Waals surface area contributed by atoms with E-state index in [0.717, 1.165) is 12.8 Å². The monoisotopic (exact) mass is 950 g/mol. The number of methoxy groups -OCH3 is 1. The molecule has 0 rings (SSSR count). The fourth-order valence-electron chi connectivity index (χ4n) is 3.20. The summed E-state index contributed by atoms with van der Waals surface area (Å²) < 4.78 is 1.36. The second kappa shape index (κ2) is 16.9. The van der Waals surface area contributed by atoms with Gasteiger partial charge in [-0.15, -0.1) is 0 Å². The smallest absolute Gasteiger partial charge is 0.336 e. The van der Waals surface area contributed by atoms with E-state index in [-0.39, 0.29) is 0 Å². The summed E-state index contributed by atoms with van der Waals surface area (Å²) >= 11 is 29.3. The Kier molecular flexibility index (Phi) is 18.7. The topological polar surface area (TPSA) is 26.3 Å². The molecule has 0 unspecified atom stereocenters. The van der Waals surface area contributed by atoms with Gasteiger partial charge in [0.1, 0.15) is 9.70 Å². The van der Waals surface area contributed by atoms with Gasteiger partial charge in [0.2, 0.25) is 3.23 Å². The SMILES string of the molecule is CCCCCCCCCCCCCCCC(Br)(Br)C(Br)(Br)C(Br)(Br)C(Br)(Br)C(=O)OC. The Morgan fingerprint density at radius 3 is 1.32 bits per heavy atom. The maximum Gasteiger partial charge on any atom is 0.336 e. The first-order valence-electron chi connectivity index (χ1n) is 10.9. The van der Waals surface area contributed by atoms with Gasteiger partial charge in [-0.3, -0.25) is 0 Å². The fraction of sp³-hybridized carbons (Fsp3) is 0.952. The summed E-state index contributed by atoms with van der Waals surface area (Å²) in [7, 11) is 1.35. The first kappa shape index (κ1) is 34.3. The van der Waals surface area contributed by atoms with Crippen LogP contribution in [0.2, 0.25) is 0 Å². The molecule has 0 spiro atoms. The van der Waals surface area contributed by atoms with Crippen molar-refractivity contribution >= 4 is 133 Å². The minimum Gasteiger partial charge on any atom is -0.467 e. The lowest BCUT2D eigenvalue weighted by molar-refractivity contribution is -0.140. The Hall–Kier alpha value is 3.31. The maximum absolute atomic E-state index is 12.3. The summed E-state index contributed by atoms with van der Waals surface area (Å²) in [5, 5.41) is 0. The number of carbonyl (C=O) groups is 1. The Balaban J connectivity index is 4.28. The Labute approximate surface area is 256 Å². The van der Waals surface area contributed by atoms with Crippen LogP contribution in [0.15, 0.2) is 0 Å². The van der Waals surface area contributed by atoms with Gasteiger partial charge in [-0.05, 0) is 6.42 Å². The summed E-state index contributed by atoms with van der Waals surface area (Å²) in [6.45, 7) is 2.27. The van der Waals surface area contributed by atoms with Gasteiger partial charge in [0.25, 0.3) is 0 Å². The van der Waals surface area contributed by atoms with E-state index in [4.69, 9.17) is 4.74 Å². The van der Waals surface area contributed by atoms with Crippen LogP contribution in [0.1, 0.15) is 96.8 Å². The van der Waals surface area contributed by atoms with Gasteiger partial charge in [0.15, 0.2) is 0 Å². The molecule has 0 radical (unpaired) electrons. The molecule has 186 valence electrons. The molecular formula is C21H34Br8O2. The van der Waals surface area contributed by atoms with Crippen molar-refractivity contribution in [3.63, 3.8) is 0 Å². The van der Waals surface area contributed by atoms with Crippen molar-refractivity contribution in [2.75, 3.05) is 7.11 Å². The lowest BCUT2D eigenvalue weighted by Crippen LogP contribution is -2.58. The molecule has 0 aromatic rings. The maximum atomic E-state index is 12.3. The second-order valence-electron chi connectivity index (χ2n) is 7.91. The highest BCUT2D eigenvalue weighted by Crippen LogP contribution is 2.67. The normalized spacial score (nSPS) is 13.5. The highest BCUT2D eigenvalue weighted by atomic mass is 79.9. The third kappa shape index (κ3) is 11.1. The van der Waals surface area contributed by atoms with Crippen molar-refractivity contribution in [3.8, 4) is 0 Å². The van der Waals surface area contributed by atoms with E-state index in [1.54, 1.807) is 0 Å². The number of halogens is 8. The van der Waals surface area contributed by atoms with Crippen molar-refractivity contribution in [1.29, 1.82) is 0 Å². The van der Waals surface area contributed by atoms with E-state index in [1.807, 2.05) is 0 Å². The molecule has 0 atom stereocenters. The number of carbonyl (C=O) groups excluding carboxylic acids is 1. The Morgan fingerprint density at radius 2 is 0.968 bits per heavy atom. The number of esters is 1. The van der Waals surface area contributed by atoms with Crippen LogP contribution in [0.5, 0.6) is 0 Å². The van der Waals surface area contributed by atoms with E-state index in [1.165, 1.54) is 84.2 Å². The van der Waals surface area contributed by atoms with Crippen molar-refractivity contribution in [2.24, 2.45) is 0 Å². The lowest BCUT2D eigenvalue weighted by atomic mass is 10.0. The Bertz CT molecular complexity index is 510. The summed E-state index contributed by atoms with van der Waals surface area (Å²) in [4.78, 5) is 12.3. The average Bonchev–Trinajstić information content (AvgIpc) is 2.70. The minimum absolute atomic E-state index is 0.471. The molecule has 0 heterocycles. The number of alkyl halides is 8. The number of ether oxygens (including phenoxy) is 1. The Morgan fingerprint density at radius 1 is 0.613 bits per heavy atom. The molecule has 0 bridgehead atoms. The number of hydrogen-bond acceptors (Lipinski definition) is 2. The zero-order chi connectivity index (χ0) is 24.2. The predicted octanol–water partition coefficient (Wildman–Crippen LogP) is 11.6. The standard InChI is InChI=1S/C21H34Br8O2/c1-3-4-5-6-7-8-9-10-11-12-13-14-15-16-18(22,23)20(26,27)21(28,29)19(24,25)17(30)31-2/h3-16H2,1-2H3. The third-order valence-electron chi connectivity index (χ3n) is 5.28. The van der Waals surface area contributed by atoms with Gasteiger partial charge in [-0.25, -0.2) is 4.79 Å². The molecule has 0 N–H and O–H groups in total. The average molecular weight is 958 g/mol. The summed E-state index contributed by atoms with van der Waals surface area (Å²) in [6.07, 6.45) is 18.0. The van der Waals surface area contributed by atoms with Gasteiger partial charge >= 0.3 is 5.97 Å². The zero-order valence-corrected chi connectivity index (χ0v) is 30.9. The molecule has 0 fully saturated rings. The molecule has 0 aliphatic rings. The predicted molar refractivity (Wildman–Crippen MR) is 165 cm³/mol. The molecule has 0 saturated carbocycles. The van der Waals surface area contributed by atoms with Crippen molar-refractivity contribution in [2.45, 2.75) is 110 Å². The van der Waals surface area contributed by atoms with E-state index < -0.39 is 18.9 Å². The van der Waals surface area contributed by atoms with Gasteiger partial charge in [0, 0.05) is 0 Å². The molecule has 10 heteroatoms. The highest BCUT2D eigenvalue weighted by molar-refractivity contribution is 9.34. The number of rotatable bonds is 18. The van der Waals surface area contributed by atoms with Crippen LogP contribution in [-0.2, 0) is 9.53 Å². The van der Waals surface area contributed by atoms with E-state index >= 15 is 0 Å². The van der Waals surface area contributed by atoms with E-state index in [2.05, 4.69) is 134 Å². The third-order valence-corrected chi connectivity index (χ3v) is 20.4. The molecule has 0 saturated heterocycles. The van der Waals surface area contributed by atoms with Crippen LogP contribution in [-0.4, -0.2) is 26.0 Å². The van der Waals surface area contributed by atoms with Crippen molar-refractivity contribution in [3.05, 3.63) is 0 Å². The largest absolute Gasteiger partial charge is 0.467 e. The van der Waals surface area contributed by atoms with Gasteiger partial charge < -0.3 is 4.74 Å². The van der Waals surface area contributed by atoms with Crippen molar-refractivity contribution in [1.82, 2.24) is 0 Å². The fourth-order valence-corrected chi connectivity index (χ4v) is 9.40. The quantitative estimate of drug-likeness (QED) is 0.0777. The zero-order valence-electron chi connectivity index (χ0n) is 18.2. The van der Waals surface area contributed by atoms with Crippen LogP contribution in [0.4, 0.5) is 0 Å². The highest BCUT2D eigenvalue weighted by Gasteiger charge is 2.67. The van der Waals surface area contributed by atoms with Crippen LogP contribution in [0, 0.1) is 0 Å². The van der Waals surface area contributed by atoms with Crippen LogP contribution in [0.25, 0.3) is 0 Å². The lowest BCUT2D eigenvalue weighted by Gasteiger charge is -2.47. The second-order valence-corrected chi connectivity index (χ2v) is 22.0. The first-order chi connectivity index (χ1) is 14.3. The molecule has 0 aliphatic heterocycles. The molecule has 0 aliphatic carbocycles. The molecule has 0 aromatic heterocycles. The molecular weight excluding hydrogens is 923 g/mol. The van der Waals surface area contributed by atoms with Crippen molar-refractivity contribution < 1.29 is 9.53 Å². The molecule has 0 amide bonds. The number of hydrogen-bond donors (Lipinski definition) is 0. The first-order valence-corrected chi connectivity index (χ1v) is 17.2. The van der Waals surface area contributed by atoms with Gasteiger partial charge in [0.05, 0.1) is 7.11 Å². The van der Waals surface area contributed by atoms with Crippen LogP contribution in [0.3, 0.4) is 0 Å². The van der Waals surface area contributed by atoms with Gasteiger partial charge in [-0.1, -0.05) is 218 Å². The minimum atomic E-state index is -1.22. The van der Waals surface area contributed by atoms with Gasteiger partial charge in [-0.2, -0.15) is 0 Å². The summed E-state index contributed by atoms with van der Waals surface area (Å²) in [6, 6.07) is 0. The van der Waals surface area contributed by atoms with Crippen LogP contribution < -0.4 is 0 Å². The summed E-state index contributed by atoms with van der Waals surface area (Å²) in [5.41, 5.74) is 0. The van der Waals surface area contributed by atoms with E-state index in [0.29, 0.717) is 0 Å². The molecule has 0 aromatic carbocycles. The molecule has 31 heavy (non-hydrogen) atoms. The number of unbranched alkanes of at least 4 members (excludes halogenated alkanes) is 12. The molecule has 2 nitrogen and oxygen atoms in total. The van der Waals surface area contributed by atoms with Crippen LogP contribution >= 0.6 is 127 Å². The summed E-state index contributed by atoms with van der Waals surface area (Å²) in [5.74, 6) is -0.471. The van der Waals surface area contributed by atoms with E-state index in [9.17, 15) is 4.79 Å².